The lowest BCUT2D eigenvalue weighted by Crippen LogP contribution is -2.40. The summed E-state index contributed by atoms with van der Waals surface area (Å²) in [5, 5.41) is 0. The molecule has 0 aliphatic carbocycles. The van der Waals surface area contributed by atoms with Gasteiger partial charge in [-0.1, -0.05) is 6.07 Å². The molecule has 6 heteroatoms. The Hall–Kier alpha value is -2.63. The van der Waals surface area contributed by atoms with E-state index in [1.165, 1.54) is 0 Å². The fourth-order valence-corrected chi connectivity index (χ4v) is 3.52. The van der Waals surface area contributed by atoms with Crippen LogP contribution in [0.1, 0.15) is 30.3 Å². The first-order chi connectivity index (χ1) is 11.7. The van der Waals surface area contributed by atoms with E-state index in [-0.39, 0.29) is 5.91 Å². The number of likely N-dealkylation sites (tertiary alicyclic amines) is 1. The molecule has 1 unspecified atom stereocenters. The van der Waals surface area contributed by atoms with Gasteiger partial charge in [0.05, 0.1) is 12.1 Å². The topological polar surface area (TPSA) is 55.4 Å². The Morgan fingerprint density at radius 1 is 1.33 bits per heavy atom. The highest BCUT2D eigenvalue weighted by molar-refractivity contribution is 5.78. The van der Waals surface area contributed by atoms with Gasteiger partial charge < -0.3 is 13.9 Å². The van der Waals surface area contributed by atoms with Crippen molar-refractivity contribution in [1.29, 1.82) is 0 Å². The van der Waals surface area contributed by atoms with Crippen LogP contribution in [0.5, 0.6) is 0 Å². The van der Waals surface area contributed by atoms with Crippen LogP contribution in [0.2, 0.25) is 0 Å². The molecule has 1 fully saturated rings. The lowest BCUT2D eigenvalue weighted by Gasteiger charge is -2.32. The molecule has 24 heavy (non-hydrogen) atoms. The average Bonchev–Trinajstić information content (AvgIpc) is 3.20. The van der Waals surface area contributed by atoms with Gasteiger partial charge in [-0.2, -0.15) is 0 Å². The maximum absolute atomic E-state index is 12.7. The molecule has 1 amide bonds. The number of carbonyl (C=O) groups excluding carboxylic acids is 1. The highest BCUT2D eigenvalue weighted by Gasteiger charge is 2.27. The van der Waals surface area contributed by atoms with Gasteiger partial charge in [-0.15, -0.1) is 0 Å². The maximum Gasteiger partial charge on any atom is 0.228 e. The van der Waals surface area contributed by atoms with Crippen molar-refractivity contribution in [3.8, 4) is 0 Å². The molecule has 0 saturated carbocycles. The third-order valence-electron chi connectivity index (χ3n) is 4.74. The van der Waals surface area contributed by atoms with Crippen LogP contribution in [-0.4, -0.2) is 42.8 Å². The number of pyridine rings is 1. The molecular formula is C18H21N5O. The van der Waals surface area contributed by atoms with E-state index in [1.54, 1.807) is 0 Å². The first-order valence-corrected chi connectivity index (χ1v) is 8.38. The van der Waals surface area contributed by atoms with Crippen LogP contribution in [0.15, 0.2) is 43.0 Å². The molecule has 0 bridgehead atoms. The van der Waals surface area contributed by atoms with Crippen molar-refractivity contribution in [2.24, 2.45) is 7.05 Å². The summed E-state index contributed by atoms with van der Waals surface area (Å²) in [5.74, 6) is 1.54. The fraction of sp³-hybridized carbons (Fsp3) is 0.389. The number of carbonyl (C=O) groups is 1. The summed E-state index contributed by atoms with van der Waals surface area (Å²) in [7, 11) is 2.01. The van der Waals surface area contributed by atoms with Crippen LogP contribution >= 0.6 is 0 Å². The van der Waals surface area contributed by atoms with E-state index in [0.29, 0.717) is 12.3 Å². The first-order valence-electron chi connectivity index (χ1n) is 8.38. The molecule has 3 aromatic heterocycles. The predicted molar refractivity (Wildman–Crippen MR) is 90.7 cm³/mol. The molecule has 3 aromatic rings. The van der Waals surface area contributed by atoms with Gasteiger partial charge in [-0.05, 0) is 25.0 Å². The van der Waals surface area contributed by atoms with Crippen LogP contribution in [0.4, 0.5) is 0 Å². The van der Waals surface area contributed by atoms with Crippen molar-refractivity contribution in [3.63, 3.8) is 0 Å². The molecule has 1 atom stereocenters. The second-order valence-electron chi connectivity index (χ2n) is 6.45. The van der Waals surface area contributed by atoms with Crippen LogP contribution in [0, 0.1) is 0 Å². The summed E-state index contributed by atoms with van der Waals surface area (Å²) in [6.45, 7) is 1.57. The highest BCUT2D eigenvalue weighted by Crippen LogP contribution is 2.25. The van der Waals surface area contributed by atoms with Crippen LogP contribution in [0.3, 0.4) is 0 Å². The Morgan fingerprint density at radius 3 is 3.04 bits per heavy atom. The molecule has 1 aliphatic rings. The van der Waals surface area contributed by atoms with Crippen LogP contribution < -0.4 is 0 Å². The lowest BCUT2D eigenvalue weighted by atomic mass is 9.97. The van der Waals surface area contributed by atoms with E-state index in [2.05, 4.69) is 14.5 Å². The van der Waals surface area contributed by atoms with Gasteiger partial charge in [0.25, 0.3) is 0 Å². The van der Waals surface area contributed by atoms with E-state index in [4.69, 9.17) is 0 Å². The van der Waals surface area contributed by atoms with Gasteiger partial charge in [0, 0.05) is 50.8 Å². The Kier molecular flexibility index (Phi) is 3.80. The maximum atomic E-state index is 12.7. The minimum Gasteiger partial charge on any atom is -0.342 e. The standard InChI is InChI=1S/C18H21N5O/c1-21-10-7-19-18(21)14-5-4-9-23(12-14)17(24)11-15-13-22-8-3-2-6-16(22)20-15/h2-3,6-8,10,13-14H,4-5,9,11-12H2,1H3. The lowest BCUT2D eigenvalue weighted by molar-refractivity contribution is -0.131. The Labute approximate surface area is 140 Å². The van der Waals surface area contributed by atoms with Gasteiger partial charge in [-0.3, -0.25) is 4.79 Å². The van der Waals surface area contributed by atoms with Crippen molar-refractivity contribution in [2.45, 2.75) is 25.2 Å². The number of imidazole rings is 2. The summed E-state index contributed by atoms with van der Waals surface area (Å²) >= 11 is 0. The van der Waals surface area contributed by atoms with Crippen LogP contribution in [0.25, 0.3) is 5.65 Å². The molecule has 0 aromatic carbocycles. The first kappa shape index (κ1) is 14.9. The summed E-state index contributed by atoms with van der Waals surface area (Å²) in [4.78, 5) is 23.6. The quantitative estimate of drug-likeness (QED) is 0.741. The molecule has 1 saturated heterocycles. The number of fused-ring (bicyclic) bond motifs is 1. The molecule has 0 N–H and O–H groups in total. The Bertz CT molecular complexity index is 832. The second kappa shape index (κ2) is 6.11. The van der Waals surface area contributed by atoms with Gasteiger partial charge >= 0.3 is 0 Å². The number of piperidine rings is 1. The number of amides is 1. The SMILES string of the molecule is Cn1ccnc1C1CCCN(C(=O)Cc2cn3ccccc3n2)C1. The Morgan fingerprint density at radius 2 is 2.25 bits per heavy atom. The second-order valence-corrected chi connectivity index (χ2v) is 6.45. The third kappa shape index (κ3) is 2.79. The number of hydrogen-bond donors (Lipinski definition) is 0. The minimum atomic E-state index is 0.150. The van der Waals surface area contributed by atoms with Gasteiger partial charge in [0.15, 0.2) is 0 Å². The fourth-order valence-electron chi connectivity index (χ4n) is 3.52. The molecular weight excluding hydrogens is 302 g/mol. The van der Waals surface area contributed by atoms with Crippen molar-refractivity contribution in [2.75, 3.05) is 13.1 Å². The van der Waals surface area contributed by atoms with E-state index in [1.807, 2.05) is 59.3 Å². The largest absolute Gasteiger partial charge is 0.342 e. The molecule has 4 rings (SSSR count). The number of aromatic nitrogens is 4. The molecule has 4 heterocycles. The van der Waals surface area contributed by atoms with E-state index in [0.717, 1.165) is 43.1 Å². The van der Waals surface area contributed by atoms with E-state index in [9.17, 15) is 4.79 Å². The number of aryl methyl sites for hydroxylation is 1. The minimum absolute atomic E-state index is 0.150. The highest BCUT2D eigenvalue weighted by atomic mass is 16.2. The molecule has 0 radical (unpaired) electrons. The Balaban J connectivity index is 1.46. The monoisotopic (exact) mass is 323 g/mol. The summed E-state index contributed by atoms with van der Waals surface area (Å²) < 4.78 is 4.01. The normalized spacial score (nSPS) is 18.2. The summed E-state index contributed by atoms with van der Waals surface area (Å²) in [5.41, 5.74) is 1.70. The predicted octanol–water partition coefficient (Wildman–Crippen LogP) is 2.02. The third-order valence-corrected chi connectivity index (χ3v) is 4.74. The summed E-state index contributed by atoms with van der Waals surface area (Å²) in [6, 6.07) is 5.87. The molecule has 6 nitrogen and oxygen atoms in total. The molecule has 1 aliphatic heterocycles. The van der Waals surface area contributed by atoms with Crippen LogP contribution in [-0.2, 0) is 18.3 Å². The number of rotatable bonds is 3. The number of hydrogen-bond acceptors (Lipinski definition) is 3. The van der Waals surface area contributed by atoms with E-state index >= 15 is 0 Å². The molecule has 124 valence electrons. The number of nitrogens with zero attached hydrogens (tertiary/aromatic N) is 5. The van der Waals surface area contributed by atoms with Crippen molar-refractivity contribution >= 4 is 11.6 Å². The average molecular weight is 323 g/mol. The van der Waals surface area contributed by atoms with Gasteiger partial charge in [-0.25, -0.2) is 9.97 Å². The van der Waals surface area contributed by atoms with Gasteiger partial charge in [0.1, 0.15) is 11.5 Å². The zero-order chi connectivity index (χ0) is 16.5. The van der Waals surface area contributed by atoms with Gasteiger partial charge in [0.2, 0.25) is 5.91 Å². The van der Waals surface area contributed by atoms with E-state index < -0.39 is 0 Å². The summed E-state index contributed by atoms with van der Waals surface area (Å²) in [6.07, 6.45) is 10.1. The molecule has 0 spiro atoms. The van der Waals surface area contributed by atoms with Crippen molar-refractivity contribution in [3.05, 3.63) is 54.5 Å². The zero-order valence-corrected chi connectivity index (χ0v) is 13.8. The smallest absolute Gasteiger partial charge is 0.228 e. The van der Waals surface area contributed by atoms with Crippen molar-refractivity contribution < 1.29 is 4.79 Å². The van der Waals surface area contributed by atoms with Crippen molar-refractivity contribution in [1.82, 2.24) is 23.8 Å². The zero-order valence-electron chi connectivity index (χ0n) is 13.8.